The van der Waals surface area contributed by atoms with Crippen LogP contribution >= 0.6 is 0 Å². The van der Waals surface area contributed by atoms with Gasteiger partial charge in [-0.3, -0.25) is 9.79 Å². The van der Waals surface area contributed by atoms with Gasteiger partial charge in [0.15, 0.2) is 5.96 Å². The number of aliphatic imine (C=N–C) groups is 1. The molecule has 2 atom stereocenters. The van der Waals surface area contributed by atoms with Gasteiger partial charge in [-0.1, -0.05) is 19.1 Å². The number of guanidine groups is 1. The Balaban J connectivity index is 2.73. The number of amides is 1. The predicted molar refractivity (Wildman–Crippen MR) is 103 cm³/mol. The minimum atomic E-state index is -0.780. The number of nitrogens with zero attached hydrogens (tertiary/aromatic N) is 1. The van der Waals surface area contributed by atoms with E-state index < -0.39 is 18.1 Å². The van der Waals surface area contributed by atoms with E-state index in [1.165, 1.54) is 7.11 Å². The van der Waals surface area contributed by atoms with Crippen molar-refractivity contribution < 1.29 is 19.4 Å². The Kier molecular flexibility index (Phi) is 9.66. The SMILES string of the molecule is CCNC(Cc1ccc(O)cc1)C(=O)NC(CCCN=C(N)N)C(=O)OC. The second kappa shape index (κ2) is 11.7. The van der Waals surface area contributed by atoms with Gasteiger partial charge in [-0.05, 0) is 43.5 Å². The van der Waals surface area contributed by atoms with E-state index in [1.54, 1.807) is 24.3 Å². The molecule has 1 aromatic rings. The average molecular weight is 379 g/mol. The molecule has 1 rings (SSSR count). The van der Waals surface area contributed by atoms with Gasteiger partial charge in [0.25, 0.3) is 0 Å². The zero-order valence-corrected chi connectivity index (χ0v) is 15.8. The average Bonchev–Trinajstić information content (AvgIpc) is 2.64. The maximum absolute atomic E-state index is 12.7. The molecule has 1 aromatic carbocycles. The summed E-state index contributed by atoms with van der Waals surface area (Å²) in [6.07, 6.45) is 1.29. The van der Waals surface area contributed by atoms with Gasteiger partial charge in [0.2, 0.25) is 5.91 Å². The van der Waals surface area contributed by atoms with Crippen LogP contribution in [0.1, 0.15) is 25.3 Å². The first kappa shape index (κ1) is 22.2. The van der Waals surface area contributed by atoms with Crippen LogP contribution in [0.5, 0.6) is 5.75 Å². The number of carbonyl (C=O) groups excluding carboxylic acids is 2. The molecule has 1 amide bonds. The number of hydrogen-bond donors (Lipinski definition) is 5. The van der Waals surface area contributed by atoms with Crippen LogP contribution in [0.25, 0.3) is 0 Å². The van der Waals surface area contributed by atoms with Gasteiger partial charge < -0.3 is 31.9 Å². The third-order valence-corrected chi connectivity index (χ3v) is 3.89. The van der Waals surface area contributed by atoms with Crippen LogP contribution in [0.4, 0.5) is 0 Å². The Bertz CT molecular complexity index is 629. The van der Waals surface area contributed by atoms with E-state index in [4.69, 9.17) is 16.2 Å². The highest BCUT2D eigenvalue weighted by molar-refractivity contribution is 5.87. The Morgan fingerprint density at radius 2 is 1.89 bits per heavy atom. The molecule has 2 unspecified atom stereocenters. The summed E-state index contributed by atoms with van der Waals surface area (Å²) >= 11 is 0. The lowest BCUT2D eigenvalue weighted by atomic mass is 10.0. The fourth-order valence-corrected chi connectivity index (χ4v) is 2.54. The first-order chi connectivity index (χ1) is 12.9. The van der Waals surface area contributed by atoms with E-state index in [-0.39, 0.29) is 17.6 Å². The highest BCUT2D eigenvalue weighted by Crippen LogP contribution is 2.12. The monoisotopic (exact) mass is 379 g/mol. The van der Waals surface area contributed by atoms with Gasteiger partial charge in [-0.25, -0.2) is 4.79 Å². The maximum atomic E-state index is 12.7. The molecule has 0 aliphatic carbocycles. The lowest BCUT2D eigenvalue weighted by Crippen LogP contribution is -2.51. The summed E-state index contributed by atoms with van der Waals surface area (Å²) in [5.41, 5.74) is 11.4. The van der Waals surface area contributed by atoms with Gasteiger partial charge in [-0.2, -0.15) is 0 Å². The summed E-state index contributed by atoms with van der Waals surface area (Å²) < 4.78 is 4.78. The molecule has 0 aliphatic rings. The molecule has 0 bridgehead atoms. The highest BCUT2D eigenvalue weighted by Gasteiger charge is 2.25. The van der Waals surface area contributed by atoms with Crippen LogP contribution in [0, 0.1) is 0 Å². The standard InChI is InChI=1S/C18H29N5O4/c1-3-21-15(11-12-6-8-13(24)9-7-12)16(25)23-14(17(26)27-2)5-4-10-22-18(19)20/h6-9,14-15,21,24H,3-5,10-11H2,1-2H3,(H,23,25)(H4,19,20,22). The fourth-order valence-electron chi connectivity index (χ4n) is 2.54. The molecule has 0 radical (unpaired) electrons. The molecular weight excluding hydrogens is 350 g/mol. The molecule has 0 heterocycles. The molecule has 0 aliphatic heterocycles. The second-order valence-electron chi connectivity index (χ2n) is 6.01. The van der Waals surface area contributed by atoms with Crippen molar-refractivity contribution in [2.45, 2.75) is 38.3 Å². The number of carbonyl (C=O) groups is 2. The molecule has 9 nitrogen and oxygen atoms in total. The Morgan fingerprint density at radius 1 is 1.22 bits per heavy atom. The van der Waals surface area contributed by atoms with Crippen LogP contribution in [0.3, 0.4) is 0 Å². The number of nitrogens with one attached hydrogen (secondary N) is 2. The number of ether oxygens (including phenoxy) is 1. The van der Waals surface area contributed by atoms with E-state index in [2.05, 4.69) is 15.6 Å². The number of nitrogens with two attached hydrogens (primary N) is 2. The largest absolute Gasteiger partial charge is 0.508 e. The van der Waals surface area contributed by atoms with Crippen LogP contribution in [0.2, 0.25) is 0 Å². The number of likely N-dealkylation sites (N-methyl/N-ethyl adjacent to an activating group) is 1. The zero-order valence-electron chi connectivity index (χ0n) is 15.8. The third kappa shape index (κ3) is 8.41. The molecule has 9 heteroatoms. The quantitative estimate of drug-likeness (QED) is 0.152. The van der Waals surface area contributed by atoms with Crippen molar-refractivity contribution in [3.8, 4) is 5.75 Å². The number of phenolic OH excluding ortho intramolecular Hbond substituents is 1. The number of hydrogen-bond acceptors (Lipinski definition) is 6. The van der Waals surface area contributed by atoms with E-state index in [9.17, 15) is 14.7 Å². The second-order valence-corrected chi connectivity index (χ2v) is 6.01. The number of aromatic hydroxyl groups is 1. The number of methoxy groups -OCH3 is 1. The molecule has 0 saturated heterocycles. The van der Waals surface area contributed by atoms with Gasteiger partial charge in [0.05, 0.1) is 13.2 Å². The van der Waals surface area contributed by atoms with Gasteiger partial charge in [-0.15, -0.1) is 0 Å². The van der Waals surface area contributed by atoms with Crippen molar-refractivity contribution in [2.24, 2.45) is 16.5 Å². The molecule has 0 spiro atoms. The lowest BCUT2D eigenvalue weighted by molar-refractivity contribution is -0.145. The zero-order chi connectivity index (χ0) is 20.2. The topological polar surface area (TPSA) is 152 Å². The number of rotatable bonds is 11. The summed E-state index contributed by atoms with van der Waals surface area (Å²) in [5, 5.41) is 15.2. The van der Waals surface area contributed by atoms with E-state index in [0.29, 0.717) is 32.4 Å². The smallest absolute Gasteiger partial charge is 0.328 e. The van der Waals surface area contributed by atoms with Crippen molar-refractivity contribution in [1.82, 2.24) is 10.6 Å². The Labute approximate surface area is 159 Å². The van der Waals surface area contributed by atoms with Crippen molar-refractivity contribution in [3.05, 3.63) is 29.8 Å². The summed E-state index contributed by atoms with van der Waals surface area (Å²) in [7, 11) is 1.27. The van der Waals surface area contributed by atoms with E-state index >= 15 is 0 Å². The fraction of sp³-hybridized carbons (Fsp3) is 0.500. The van der Waals surface area contributed by atoms with Crippen LogP contribution in [-0.4, -0.2) is 55.2 Å². The Hall–Kier alpha value is -2.81. The van der Waals surface area contributed by atoms with Crippen molar-refractivity contribution in [1.29, 1.82) is 0 Å². The molecule has 7 N–H and O–H groups in total. The van der Waals surface area contributed by atoms with Crippen LogP contribution in [-0.2, 0) is 20.7 Å². The minimum absolute atomic E-state index is 0.0187. The van der Waals surface area contributed by atoms with Crippen LogP contribution in [0.15, 0.2) is 29.3 Å². The number of esters is 1. The minimum Gasteiger partial charge on any atom is -0.508 e. The summed E-state index contributed by atoms with van der Waals surface area (Å²) in [4.78, 5) is 28.5. The molecule has 27 heavy (non-hydrogen) atoms. The number of benzene rings is 1. The maximum Gasteiger partial charge on any atom is 0.328 e. The Morgan fingerprint density at radius 3 is 2.44 bits per heavy atom. The number of phenols is 1. The first-order valence-corrected chi connectivity index (χ1v) is 8.82. The van der Waals surface area contributed by atoms with Crippen LogP contribution < -0.4 is 22.1 Å². The van der Waals surface area contributed by atoms with Gasteiger partial charge >= 0.3 is 5.97 Å². The van der Waals surface area contributed by atoms with E-state index in [1.807, 2.05) is 6.92 Å². The third-order valence-electron chi connectivity index (χ3n) is 3.89. The molecule has 0 fully saturated rings. The van der Waals surface area contributed by atoms with Crippen molar-refractivity contribution in [2.75, 3.05) is 20.2 Å². The van der Waals surface area contributed by atoms with Gasteiger partial charge in [0, 0.05) is 6.54 Å². The molecule has 150 valence electrons. The molecule has 0 aromatic heterocycles. The lowest BCUT2D eigenvalue weighted by Gasteiger charge is -2.22. The highest BCUT2D eigenvalue weighted by atomic mass is 16.5. The first-order valence-electron chi connectivity index (χ1n) is 8.82. The molecule has 0 saturated carbocycles. The summed E-state index contributed by atoms with van der Waals surface area (Å²) in [6, 6.07) is 5.33. The molecular formula is C18H29N5O4. The van der Waals surface area contributed by atoms with Crippen molar-refractivity contribution >= 4 is 17.8 Å². The van der Waals surface area contributed by atoms with E-state index in [0.717, 1.165) is 5.56 Å². The van der Waals surface area contributed by atoms with Gasteiger partial charge in [0.1, 0.15) is 11.8 Å². The predicted octanol–water partition coefficient (Wildman–Crippen LogP) is -0.376. The summed E-state index contributed by atoms with van der Waals surface area (Å²) in [5.74, 6) is -0.681. The van der Waals surface area contributed by atoms with Crippen molar-refractivity contribution in [3.63, 3.8) is 0 Å². The normalized spacial score (nSPS) is 12.7. The summed E-state index contributed by atoms with van der Waals surface area (Å²) in [6.45, 7) is 2.84.